The van der Waals surface area contributed by atoms with Gasteiger partial charge in [-0.2, -0.15) is 5.26 Å². The Kier molecular flexibility index (Phi) is 16.9. The van der Waals surface area contributed by atoms with Crippen LogP contribution in [0.25, 0.3) is 22.3 Å². The van der Waals surface area contributed by atoms with E-state index in [0.717, 1.165) is 11.1 Å². The highest BCUT2D eigenvalue weighted by molar-refractivity contribution is 6.04. The first-order valence-electron chi connectivity index (χ1n) is 21.9. The molecule has 0 aromatic heterocycles. The molecule has 4 bridgehead atoms. The Morgan fingerprint density at radius 2 is 1.50 bits per heavy atom. The number of nitrogens with two attached hydrogens (primary N) is 4. The molecule has 0 saturated heterocycles. The Bertz CT molecular complexity index is 2440. The SMILES string of the molecule is Cc1cc(-c2ccc(C(C)(C)C)cc2)cc(N)c1C(=O)N[C@@H](CCN)C(=O)N(C)[C@@H]1C(=O)N[C@@H](C)C(=O)N[C@H](C(=O)NCC#N)Cc2ccc(OCCN)c(c2)-c2cc1ccc2OCCN. The van der Waals surface area contributed by atoms with Crippen molar-refractivity contribution in [3.8, 4) is 39.8 Å². The van der Waals surface area contributed by atoms with Crippen molar-refractivity contribution in [2.24, 2.45) is 17.2 Å². The maximum absolute atomic E-state index is 14.7. The number of aryl methyl sites for hydroxylation is 1. The molecule has 1 aliphatic rings. The molecule has 0 spiro atoms. The Balaban J connectivity index is 1.57. The van der Waals surface area contributed by atoms with Crippen molar-refractivity contribution in [2.75, 3.05) is 52.2 Å². The van der Waals surface area contributed by atoms with E-state index in [1.807, 2.05) is 24.3 Å². The zero-order chi connectivity index (χ0) is 48.3. The summed E-state index contributed by atoms with van der Waals surface area (Å²) in [5.41, 5.74) is 30.0. The van der Waals surface area contributed by atoms with Crippen LogP contribution in [-0.2, 0) is 31.0 Å². The molecule has 0 aliphatic carbocycles. The van der Waals surface area contributed by atoms with E-state index >= 15 is 0 Å². The molecular weight excluding hydrogens is 841 g/mol. The van der Waals surface area contributed by atoms with Crippen LogP contribution >= 0.6 is 0 Å². The number of nitrogens with zero attached hydrogens (tertiary/aromatic N) is 2. The standard InChI is InChI=1S/C49H62N10O7/c1-28-23-33(31-8-11-34(12-9-31)49(3,4)5)27-37(54)42(28)46(62)57-38(15-16-50)48(64)59(6)43-32-10-14-41(66-22-19-53)36(26-32)35-24-30(7-13-40(35)65-21-18-52)25-39(45(61)55-20-17-51)58-44(60)29(2)56-47(43)63/h7-14,23-24,26-27,29,38-39,43H,15-16,18-22,25,50,52-54H2,1-6H3,(H,55,61)(H,56,63)(H,57,62)(H,58,60)/t29-,38-,39-,43-/m0/s1. The Morgan fingerprint density at radius 3 is 2.09 bits per heavy atom. The monoisotopic (exact) mass is 902 g/mol. The topological polar surface area (TPSA) is 283 Å². The summed E-state index contributed by atoms with van der Waals surface area (Å²) >= 11 is 0. The molecule has 17 heteroatoms. The van der Waals surface area contributed by atoms with Gasteiger partial charge in [0, 0.05) is 43.4 Å². The number of nitrogen functional groups attached to an aromatic ring is 1. The summed E-state index contributed by atoms with van der Waals surface area (Å²) in [4.78, 5) is 71.7. The van der Waals surface area contributed by atoms with Crippen LogP contribution in [0.4, 0.5) is 5.69 Å². The molecule has 1 heterocycles. The highest BCUT2D eigenvalue weighted by Crippen LogP contribution is 2.40. The van der Waals surface area contributed by atoms with Gasteiger partial charge in [-0.05, 0) is 95.9 Å². The highest BCUT2D eigenvalue weighted by Gasteiger charge is 2.36. The van der Waals surface area contributed by atoms with Gasteiger partial charge in [-0.25, -0.2) is 0 Å². The molecule has 4 aromatic carbocycles. The van der Waals surface area contributed by atoms with Gasteiger partial charge in [0.05, 0.1) is 11.6 Å². The molecule has 5 amide bonds. The summed E-state index contributed by atoms with van der Waals surface area (Å²) in [5, 5.41) is 19.9. The molecule has 0 saturated carbocycles. The molecule has 1 aliphatic heterocycles. The Morgan fingerprint density at radius 1 is 0.864 bits per heavy atom. The number of carbonyl (C=O) groups is 5. The van der Waals surface area contributed by atoms with E-state index in [1.54, 1.807) is 49.4 Å². The first-order valence-corrected chi connectivity index (χ1v) is 21.9. The molecule has 0 fully saturated rings. The molecule has 350 valence electrons. The summed E-state index contributed by atoms with van der Waals surface area (Å²) in [6.45, 7) is 9.98. The fraction of sp³-hybridized carbons (Fsp3) is 0.388. The fourth-order valence-corrected chi connectivity index (χ4v) is 7.81. The lowest BCUT2D eigenvalue weighted by Gasteiger charge is -2.32. The van der Waals surface area contributed by atoms with Gasteiger partial charge in [-0.1, -0.05) is 63.2 Å². The third-order valence-corrected chi connectivity index (χ3v) is 11.3. The Labute approximate surface area is 385 Å². The quantitative estimate of drug-likeness (QED) is 0.0632. The predicted molar refractivity (Wildman–Crippen MR) is 253 cm³/mol. The first kappa shape index (κ1) is 50.0. The van der Waals surface area contributed by atoms with E-state index in [4.69, 9.17) is 37.7 Å². The van der Waals surface area contributed by atoms with E-state index < -0.39 is 53.7 Å². The van der Waals surface area contributed by atoms with Crippen molar-refractivity contribution < 1.29 is 33.4 Å². The van der Waals surface area contributed by atoms with Crippen LogP contribution in [0.3, 0.4) is 0 Å². The number of hydrogen-bond donors (Lipinski definition) is 8. The number of nitriles is 1. The average molecular weight is 903 g/mol. The number of anilines is 1. The van der Waals surface area contributed by atoms with E-state index in [0.29, 0.717) is 39.3 Å². The molecule has 12 N–H and O–H groups in total. The fourth-order valence-electron chi connectivity index (χ4n) is 7.81. The van der Waals surface area contributed by atoms with Crippen molar-refractivity contribution in [1.29, 1.82) is 5.26 Å². The summed E-state index contributed by atoms with van der Waals surface area (Å²) in [5.74, 6) is -2.58. The van der Waals surface area contributed by atoms with Crippen molar-refractivity contribution in [2.45, 2.75) is 77.0 Å². The molecule has 0 radical (unpaired) electrons. The lowest BCUT2D eigenvalue weighted by molar-refractivity contribution is -0.141. The second-order valence-corrected chi connectivity index (χ2v) is 17.3. The average Bonchev–Trinajstić information content (AvgIpc) is 3.28. The molecule has 4 aromatic rings. The molecule has 17 nitrogen and oxygen atoms in total. The number of ether oxygens (including phenoxy) is 2. The van der Waals surface area contributed by atoms with Gasteiger partial charge in [0.25, 0.3) is 5.91 Å². The number of amides is 5. The van der Waals surface area contributed by atoms with E-state index in [2.05, 4.69) is 54.2 Å². The number of nitrogens with one attached hydrogen (secondary N) is 4. The summed E-state index contributed by atoms with van der Waals surface area (Å²) in [6.07, 6.45) is 0.00162. The third kappa shape index (κ3) is 12.0. The molecule has 5 rings (SSSR count). The van der Waals surface area contributed by atoms with Crippen LogP contribution in [-0.4, -0.2) is 99.0 Å². The molecule has 4 atom stereocenters. The van der Waals surface area contributed by atoms with Crippen LogP contribution in [0.5, 0.6) is 11.5 Å². The minimum Gasteiger partial charge on any atom is -0.492 e. The smallest absolute Gasteiger partial charge is 0.254 e. The zero-order valence-corrected chi connectivity index (χ0v) is 38.5. The zero-order valence-electron chi connectivity index (χ0n) is 38.5. The van der Waals surface area contributed by atoms with Crippen molar-refractivity contribution in [3.05, 3.63) is 101 Å². The minimum atomic E-state index is -1.41. The maximum Gasteiger partial charge on any atom is 0.254 e. The van der Waals surface area contributed by atoms with Gasteiger partial charge in [-0.3, -0.25) is 24.0 Å². The van der Waals surface area contributed by atoms with E-state index in [-0.39, 0.29) is 68.9 Å². The van der Waals surface area contributed by atoms with Crippen molar-refractivity contribution in [3.63, 3.8) is 0 Å². The molecular formula is C49H62N10O7. The number of rotatable bonds is 15. The van der Waals surface area contributed by atoms with Crippen LogP contribution < -0.4 is 53.7 Å². The number of carbonyl (C=O) groups excluding carboxylic acids is 5. The van der Waals surface area contributed by atoms with Gasteiger partial charge < -0.3 is 58.6 Å². The lowest BCUT2D eigenvalue weighted by atomic mass is 9.86. The number of benzene rings is 4. The van der Waals surface area contributed by atoms with Gasteiger partial charge in [0.2, 0.25) is 23.6 Å². The van der Waals surface area contributed by atoms with Gasteiger partial charge in [0.1, 0.15) is 55.4 Å². The molecule has 0 unspecified atom stereocenters. The summed E-state index contributed by atoms with van der Waals surface area (Å²) < 4.78 is 12.2. The lowest BCUT2D eigenvalue weighted by Crippen LogP contribution is -2.56. The normalized spacial score (nSPS) is 16.6. The van der Waals surface area contributed by atoms with E-state index in [9.17, 15) is 24.0 Å². The summed E-state index contributed by atoms with van der Waals surface area (Å²) in [7, 11) is 1.42. The Hall–Kier alpha value is -7.00. The predicted octanol–water partition coefficient (Wildman–Crippen LogP) is 2.72. The second-order valence-electron chi connectivity index (χ2n) is 17.3. The van der Waals surface area contributed by atoms with Gasteiger partial charge in [-0.15, -0.1) is 0 Å². The van der Waals surface area contributed by atoms with Gasteiger partial charge in [0.15, 0.2) is 0 Å². The maximum atomic E-state index is 14.7. The van der Waals surface area contributed by atoms with Crippen LogP contribution in [0.15, 0.2) is 72.8 Å². The number of likely N-dealkylation sites (N-methyl/N-ethyl adjacent to an activating group) is 1. The first-order chi connectivity index (χ1) is 31.4. The third-order valence-electron chi connectivity index (χ3n) is 11.3. The summed E-state index contributed by atoms with van der Waals surface area (Å²) in [6, 6.07) is 18.8. The van der Waals surface area contributed by atoms with Crippen LogP contribution in [0.2, 0.25) is 0 Å². The van der Waals surface area contributed by atoms with Crippen molar-refractivity contribution in [1.82, 2.24) is 26.2 Å². The van der Waals surface area contributed by atoms with Crippen LogP contribution in [0, 0.1) is 18.3 Å². The van der Waals surface area contributed by atoms with E-state index in [1.165, 1.54) is 24.4 Å². The van der Waals surface area contributed by atoms with Gasteiger partial charge >= 0.3 is 0 Å². The number of fused-ring (bicyclic) bond motifs is 5. The number of hydrogen-bond acceptors (Lipinski definition) is 12. The molecule has 66 heavy (non-hydrogen) atoms. The van der Waals surface area contributed by atoms with Crippen LogP contribution in [0.1, 0.15) is 72.8 Å². The van der Waals surface area contributed by atoms with Crippen molar-refractivity contribution >= 4 is 35.2 Å². The largest absolute Gasteiger partial charge is 0.492 e. The second kappa shape index (κ2) is 22.3. The highest BCUT2D eigenvalue weighted by atomic mass is 16.5. The minimum absolute atomic E-state index is 0.000225.